The number of carbonyl (C=O) groups is 1. The van der Waals surface area contributed by atoms with Crippen molar-refractivity contribution in [1.29, 1.82) is 0 Å². The Morgan fingerprint density at radius 3 is 2.54 bits per heavy atom. The summed E-state index contributed by atoms with van der Waals surface area (Å²) in [7, 11) is 2.04. The van der Waals surface area contributed by atoms with E-state index in [1.807, 2.05) is 7.05 Å². The average Bonchev–Trinajstić information content (AvgIpc) is 2.49. The van der Waals surface area contributed by atoms with Gasteiger partial charge in [0, 0.05) is 12.1 Å². The van der Waals surface area contributed by atoms with Gasteiger partial charge >= 0.3 is 12.2 Å². The lowest BCUT2D eigenvalue weighted by atomic mass is 10.0. The lowest BCUT2D eigenvalue weighted by Crippen LogP contribution is -2.49. The third-order valence-corrected chi connectivity index (χ3v) is 4.28. The Balaban J connectivity index is 1.87. The van der Waals surface area contributed by atoms with Gasteiger partial charge in [-0.3, -0.25) is 0 Å². The molecule has 2 amide bonds. The van der Waals surface area contributed by atoms with Gasteiger partial charge in [0.25, 0.3) is 0 Å². The fraction of sp³-hybridized carbons (Fsp3) is 0.588. The minimum atomic E-state index is -4.38. The van der Waals surface area contributed by atoms with Crippen LogP contribution in [-0.4, -0.2) is 43.2 Å². The second-order valence-electron chi connectivity index (χ2n) is 6.46. The summed E-state index contributed by atoms with van der Waals surface area (Å²) in [6.45, 7) is 3.57. The summed E-state index contributed by atoms with van der Waals surface area (Å²) in [5.41, 5.74) is -0.452. The molecule has 1 aromatic carbocycles. The lowest BCUT2D eigenvalue weighted by Gasteiger charge is -2.30. The SMILES string of the molecule is CC(Cc1ccccc1C(F)(F)F)NC(=O)NC1CCN(C)CC1. The second kappa shape index (κ2) is 7.88. The fourth-order valence-corrected chi connectivity index (χ4v) is 2.96. The van der Waals surface area contributed by atoms with Crippen LogP contribution in [-0.2, 0) is 12.6 Å². The number of likely N-dealkylation sites (tertiary alicyclic amines) is 1. The van der Waals surface area contributed by atoms with E-state index in [1.165, 1.54) is 12.1 Å². The minimum absolute atomic E-state index is 0.121. The minimum Gasteiger partial charge on any atom is -0.335 e. The monoisotopic (exact) mass is 343 g/mol. The highest BCUT2D eigenvalue weighted by atomic mass is 19.4. The molecule has 1 fully saturated rings. The molecule has 1 heterocycles. The quantitative estimate of drug-likeness (QED) is 0.883. The van der Waals surface area contributed by atoms with Crippen LogP contribution in [0, 0.1) is 0 Å². The molecule has 1 aliphatic heterocycles. The van der Waals surface area contributed by atoms with Crippen molar-refractivity contribution in [1.82, 2.24) is 15.5 Å². The van der Waals surface area contributed by atoms with Gasteiger partial charge in [0.15, 0.2) is 0 Å². The van der Waals surface area contributed by atoms with E-state index in [2.05, 4.69) is 15.5 Å². The number of nitrogens with zero attached hydrogens (tertiary/aromatic N) is 1. The highest BCUT2D eigenvalue weighted by Gasteiger charge is 2.33. The predicted octanol–water partition coefficient (Wildman–Crippen LogP) is 3.03. The molecule has 134 valence electrons. The van der Waals surface area contributed by atoms with E-state index >= 15 is 0 Å². The topological polar surface area (TPSA) is 44.4 Å². The van der Waals surface area contributed by atoms with Crippen LogP contribution in [0.2, 0.25) is 0 Å². The maximum Gasteiger partial charge on any atom is 0.416 e. The first-order chi connectivity index (χ1) is 11.3. The fourth-order valence-electron chi connectivity index (χ4n) is 2.96. The molecule has 7 heteroatoms. The first-order valence-electron chi connectivity index (χ1n) is 8.16. The molecule has 1 atom stereocenters. The van der Waals surface area contributed by atoms with Crippen molar-refractivity contribution in [3.8, 4) is 0 Å². The van der Waals surface area contributed by atoms with Crippen molar-refractivity contribution in [3.05, 3.63) is 35.4 Å². The number of nitrogens with one attached hydrogen (secondary N) is 2. The molecule has 1 unspecified atom stereocenters. The van der Waals surface area contributed by atoms with E-state index in [1.54, 1.807) is 13.0 Å². The van der Waals surface area contributed by atoms with Crippen molar-refractivity contribution in [2.75, 3.05) is 20.1 Å². The van der Waals surface area contributed by atoms with Crippen molar-refractivity contribution in [2.45, 2.75) is 44.4 Å². The molecule has 0 radical (unpaired) electrons. The zero-order valence-corrected chi connectivity index (χ0v) is 14.0. The molecule has 0 aromatic heterocycles. The van der Waals surface area contributed by atoms with Crippen molar-refractivity contribution in [2.24, 2.45) is 0 Å². The molecule has 2 N–H and O–H groups in total. The van der Waals surface area contributed by atoms with Gasteiger partial charge in [0.05, 0.1) is 5.56 Å². The number of amides is 2. The Kier molecular flexibility index (Phi) is 6.10. The van der Waals surface area contributed by atoms with Gasteiger partial charge in [0.1, 0.15) is 0 Å². The molecular formula is C17H24F3N3O. The molecule has 0 aliphatic carbocycles. The molecule has 1 aromatic rings. The van der Waals surface area contributed by atoms with Crippen molar-refractivity contribution < 1.29 is 18.0 Å². The first kappa shape index (κ1) is 18.6. The van der Waals surface area contributed by atoms with E-state index in [0.717, 1.165) is 32.0 Å². The van der Waals surface area contributed by atoms with Crippen LogP contribution in [0.4, 0.5) is 18.0 Å². The van der Waals surface area contributed by atoms with Crippen LogP contribution in [0.15, 0.2) is 24.3 Å². The molecule has 4 nitrogen and oxygen atoms in total. The predicted molar refractivity (Wildman–Crippen MR) is 86.8 cm³/mol. The molecule has 0 spiro atoms. The van der Waals surface area contributed by atoms with E-state index in [0.29, 0.717) is 0 Å². The maximum atomic E-state index is 13.0. The Hall–Kier alpha value is -1.76. The number of hydrogen-bond donors (Lipinski definition) is 2. The Morgan fingerprint density at radius 2 is 1.92 bits per heavy atom. The van der Waals surface area contributed by atoms with Gasteiger partial charge in [-0.1, -0.05) is 18.2 Å². The maximum absolute atomic E-state index is 13.0. The number of alkyl halides is 3. The van der Waals surface area contributed by atoms with Crippen LogP contribution in [0.1, 0.15) is 30.9 Å². The normalized spacial score (nSPS) is 18.2. The lowest BCUT2D eigenvalue weighted by molar-refractivity contribution is -0.138. The van der Waals surface area contributed by atoms with E-state index < -0.39 is 11.7 Å². The molecule has 2 rings (SSSR count). The first-order valence-corrected chi connectivity index (χ1v) is 8.16. The zero-order valence-electron chi connectivity index (χ0n) is 14.0. The Bertz CT molecular complexity index is 554. The average molecular weight is 343 g/mol. The number of urea groups is 1. The van der Waals surface area contributed by atoms with Crippen LogP contribution < -0.4 is 10.6 Å². The summed E-state index contributed by atoms with van der Waals surface area (Å²) in [5, 5.41) is 5.64. The number of carbonyl (C=O) groups excluding carboxylic acids is 1. The molecule has 1 aliphatic rings. The number of benzene rings is 1. The summed E-state index contributed by atoms with van der Waals surface area (Å²) in [6.07, 6.45) is -2.48. The third kappa shape index (κ3) is 5.40. The van der Waals surface area contributed by atoms with Crippen LogP contribution in [0.25, 0.3) is 0 Å². The molecule has 0 bridgehead atoms. The van der Waals surface area contributed by atoms with Gasteiger partial charge in [-0.2, -0.15) is 13.2 Å². The van der Waals surface area contributed by atoms with Gasteiger partial charge in [-0.15, -0.1) is 0 Å². The van der Waals surface area contributed by atoms with Gasteiger partial charge < -0.3 is 15.5 Å². The van der Waals surface area contributed by atoms with E-state index in [-0.39, 0.29) is 30.1 Å². The standard InChI is InChI=1S/C17H24F3N3O/c1-12(11-13-5-3-4-6-15(13)17(18,19)20)21-16(24)22-14-7-9-23(2)10-8-14/h3-6,12,14H,7-11H2,1-2H3,(H2,21,22,24). The van der Waals surface area contributed by atoms with Crippen LogP contribution in [0.3, 0.4) is 0 Å². The molecule has 1 saturated heterocycles. The Labute approximate surface area is 140 Å². The highest BCUT2D eigenvalue weighted by Crippen LogP contribution is 2.32. The largest absolute Gasteiger partial charge is 0.416 e. The number of piperidine rings is 1. The van der Waals surface area contributed by atoms with Crippen molar-refractivity contribution >= 4 is 6.03 Å². The summed E-state index contributed by atoms with van der Waals surface area (Å²) in [4.78, 5) is 14.2. The van der Waals surface area contributed by atoms with E-state index in [9.17, 15) is 18.0 Å². The number of rotatable bonds is 4. The molecule has 0 saturated carbocycles. The third-order valence-electron chi connectivity index (χ3n) is 4.28. The molecular weight excluding hydrogens is 319 g/mol. The van der Waals surface area contributed by atoms with E-state index in [4.69, 9.17) is 0 Å². The summed E-state index contributed by atoms with van der Waals surface area (Å²) >= 11 is 0. The van der Waals surface area contributed by atoms with Gasteiger partial charge in [0.2, 0.25) is 0 Å². The zero-order chi connectivity index (χ0) is 17.7. The summed E-state index contributed by atoms with van der Waals surface area (Å²) in [5.74, 6) is 0. The van der Waals surface area contributed by atoms with Crippen molar-refractivity contribution in [3.63, 3.8) is 0 Å². The smallest absolute Gasteiger partial charge is 0.335 e. The number of hydrogen-bond acceptors (Lipinski definition) is 2. The molecule has 24 heavy (non-hydrogen) atoms. The highest BCUT2D eigenvalue weighted by molar-refractivity contribution is 5.74. The summed E-state index contributed by atoms with van der Waals surface area (Å²) < 4.78 is 39.0. The summed E-state index contributed by atoms with van der Waals surface area (Å²) in [6, 6.07) is 4.89. The second-order valence-corrected chi connectivity index (χ2v) is 6.46. The van der Waals surface area contributed by atoms with Gasteiger partial charge in [-0.25, -0.2) is 4.79 Å². The number of halogens is 3. The van der Waals surface area contributed by atoms with Crippen LogP contribution in [0.5, 0.6) is 0 Å². The van der Waals surface area contributed by atoms with Crippen LogP contribution >= 0.6 is 0 Å². The van der Waals surface area contributed by atoms with Gasteiger partial charge in [-0.05, 0) is 58.0 Å². The Morgan fingerprint density at radius 1 is 1.29 bits per heavy atom.